The van der Waals surface area contributed by atoms with Gasteiger partial charge in [-0.1, -0.05) is 12.1 Å². The maximum Gasteiger partial charge on any atom is 0.398 e. The van der Waals surface area contributed by atoms with Gasteiger partial charge in [0.1, 0.15) is 0 Å². The van der Waals surface area contributed by atoms with Crippen molar-refractivity contribution < 1.29 is 18.0 Å². The number of benzene rings is 1. The molecule has 0 radical (unpaired) electrons. The topological polar surface area (TPSA) is 32.3 Å². The second-order valence-electron chi connectivity index (χ2n) is 5.74. The number of thiophene rings is 1. The molecule has 3 rings (SSSR count). The van der Waals surface area contributed by atoms with Gasteiger partial charge < -0.3 is 10.2 Å². The van der Waals surface area contributed by atoms with E-state index in [0.29, 0.717) is 28.9 Å². The average molecular weight is 386 g/mol. The van der Waals surface area contributed by atoms with Crippen LogP contribution in [0.4, 0.5) is 23.7 Å². The molecule has 25 heavy (non-hydrogen) atoms. The number of alkyl halides is 3. The molecule has 0 bridgehead atoms. The van der Waals surface area contributed by atoms with E-state index in [1.165, 1.54) is 0 Å². The highest BCUT2D eigenvalue weighted by molar-refractivity contribution is 7.99. The number of rotatable bonds is 4. The number of para-hydroxylation sites is 1. The summed E-state index contributed by atoms with van der Waals surface area (Å²) in [7, 11) is 0. The molecule has 3 nitrogen and oxygen atoms in total. The molecule has 1 fully saturated rings. The number of nitrogens with one attached hydrogen (secondary N) is 1. The van der Waals surface area contributed by atoms with Gasteiger partial charge in [0, 0.05) is 11.4 Å². The Bertz CT molecular complexity index is 719. The molecule has 2 aromatic rings. The van der Waals surface area contributed by atoms with E-state index in [4.69, 9.17) is 0 Å². The molecule has 1 aliphatic heterocycles. The van der Waals surface area contributed by atoms with Gasteiger partial charge in [0.2, 0.25) is 0 Å². The second kappa shape index (κ2) is 7.70. The zero-order valence-electron chi connectivity index (χ0n) is 13.3. The SMILES string of the molecule is O=C(Nc1ccccc1SCC(F)(F)F)N1CCCC1c1ccsc1. The summed E-state index contributed by atoms with van der Waals surface area (Å²) in [4.78, 5) is 14.8. The summed E-state index contributed by atoms with van der Waals surface area (Å²) in [6, 6.07) is 8.36. The Hall–Kier alpha value is -1.67. The lowest BCUT2D eigenvalue weighted by Crippen LogP contribution is -2.34. The first-order chi connectivity index (χ1) is 11.9. The first-order valence-electron chi connectivity index (χ1n) is 7.82. The Morgan fingerprint density at radius 3 is 2.84 bits per heavy atom. The number of hydrogen-bond acceptors (Lipinski definition) is 3. The molecule has 1 unspecified atom stereocenters. The van der Waals surface area contributed by atoms with Crippen molar-refractivity contribution in [1.82, 2.24) is 4.90 Å². The summed E-state index contributed by atoms with van der Waals surface area (Å²) in [6.45, 7) is 0.643. The molecule has 1 atom stereocenters. The summed E-state index contributed by atoms with van der Waals surface area (Å²) in [5.74, 6) is -0.985. The quantitative estimate of drug-likeness (QED) is 0.677. The Balaban J connectivity index is 1.70. The van der Waals surface area contributed by atoms with E-state index in [-0.39, 0.29) is 12.1 Å². The number of urea groups is 1. The molecular weight excluding hydrogens is 369 g/mol. The highest BCUT2D eigenvalue weighted by atomic mass is 32.2. The van der Waals surface area contributed by atoms with Crippen LogP contribution in [0.25, 0.3) is 0 Å². The van der Waals surface area contributed by atoms with Crippen molar-refractivity contribution in [2.24, 2.45) is 0 Å². The van der Waals surface area contributed by atoms with Crippen molar-refractivity contribution in [1.29, 1.82) is 0 Å². The molecule has 2 amide bonds. The molecule has 1 saturated heterocycles. The maximum atomic E-state index is 12.7. The van der Waals surface area contributed by atoms with Crippen molar-refractivity contribution >= 4 is 34.8 Å². The number of carbonyl (C=O) groups is 1. The Morgan fingerprint density at radius 1 is 1.32 bits per heavy atom. The van der Waals surface area contributed by atoms with Crippen molar-refractivity contribution in [2.75, 3.05) is 17.6 Å². The fourth-order valence-electron chi connectivity index (χ4n) is 2.86. The van der Waals surface area contributed by atoms with E-state index in [0.717, 1.165) is 18.4 Å². The van der Waals surface area contributed by atoms with Gasteiger partial charge in [0.15, 0.2) is 0 Å². The summed E-state index contributed by atoms with van der Waals surface area (Å²) in [5, 5.41) is 6.79. The summed E-state index contributed by atoms with van der Waals surface area (Å²) < 4.78 is 37.4. The van der Waals surface area contributed by atoms with Crippen LogP contribution in [0.1, 0.15) is 24.4 Å². The number of anilines is 1. The van der Waals surface area contributed by atoms with Gasteiger partial charge in [-0.3, -0.25) is 0 Å². The predicted octanol–water partition coefficient (Wildman–Crippen LogP) is 5.77. The summed E-state index contributed by atoms with van der Waals surface area (Å²) in [6.07, 6.45) is -2.44. The monoisotopic (exact) mass is 386 g/mol. The Morgan fingerprint density at radius 2 is 2.12 bits per heavy atom. The van der Waals surface area contributed by atoms with Gasteiger partial charge in [-0.05, 0) is 47.4 Å². The molecule has 0 aliphatic carbocycles. The summed E-state index contributed by atoms with van der Waals surface area (Å²) in [5.41, 5.74) is 1.52. The number of thioether (sulfide) groups is 1. The maximum absolute atomic E-state index is 12.7. The third-order valence-electron chi connectivity index (χ3n) is 3.96. The van der Waals surface area contributed by atoms with Crippen LogP contribution in [-0.4, -0.2) is 29.4 Å². The van der Waals surface area contributed by atoms with E-state index in [9.17, 15) is 18.0 Å². The van der Waals surface area contributed by atoms with E-state index < -0.39 is 11.9 Å². The largest absolute Gasteiger partial charge is 0.398 e. The fraction of sp³-hybridized carbons (Fsp3) is 0.353. The van der Waals surface area contributed by atoms with Crippen LogP contribution in [0, 0.1) is 0 Å². The number of carbonyl (C=O) groups excluding carboxylic acids is 1. The lowest BCUT2D eigenvalue weighted by atomic mass is 10.1. The molecule has 1 aromatic heterocycles. The third-order valence-corrected chi connectivity index (χ3v) is 5.80. The molecule has 1 aromatic carbocycles. The van der Waals surface area contributed by atoms with Crippen LogP contribution in [0.2, 0.25) is 0 Å². The minimum absolute atomic E-state index is 0.0289. The highest BCUT2D eigenvalue weighted by Gasteiger charge is 2.31. The van der Waals surface area contributed by atoms with Crippen LogP contribution >= 0.6 is 23.1 Å². The average Bonchev–Trinajstić information content (AvgIpc) is 3.24. The van der Waals surface area contributed by atoms with Gasteiger partial charge in [-0.25, -0.2) is 4.79 Å². The van der Waals surface area contributed by atoms with Crippen LogP contribution in [0.15, 0.2) is 46.0 Å². The molecule has 2 heterocycles. The Kier molecular flexibility index (Phi) is 5.58. The van der Waals surface area contributed by atoms with E-state index >= 15 is 0 Å². The molecule has 0 spiro atoms. The lowest BCUT2D eigenvalue weighted by molar-refractivity contribution is -0.105. The van der Waals surface area contributed by atoms with Gasteiger partial charge >= 0.3 is 12.2 Å². The minimum Gasteiger partial charge on any atom is -0.317 e. The third kappa shape index (κ3) is 4.70. The zero-order chi connectivity index (χ0) is 17.9. The van der Waals surface area contributed by atoms with Gasteiger partial charge in [0.05, 0.1) is 17.5 Å². The van der Waals surface area contributed by atoms with Crippen LogP contribution in [-0.2, 0) is 0 Å². The van der Waals surface area contributed by atoms with Gasteiger partial charge in [-0.2, -0.15) is 24.5 Å². The van der Waals surface area contributed by atoms with E-state index in [2.05, 4.69) is 5.32 Å². The number of halogens is 3. The number of hydrogen-bond donors (Lipinski definition) is 1. The standard InChI is InChI=1S/C17H17F3N2OS2/c18-17(19,20)11-25-15-6-2-1-4-13(15)21-16(23)22-8-3-5-14(22)12-7-9-24-10-12/h1-2,4,6-7,9-10,14H,3,5,8,11H2,(H,21,23). The zero-order valence-corrected chi connectivity index (χ0v) is 14.9. The van der Waals surface area contributed by atoms with Crippen molar-refractivity contribution in [3.05, 3.63) is 46.7 Å². The van der Waals surface area contributed by atoms with Gasteiger partial charge in [0.25, 0.3) is 0 Å². The molecule has 8 heteroatoms. The Labute approximate surface area is 152 Å². The fourth-order valence-corrected chi connectivity index (χ4v) is 4.34. The van der Waals surface area contributed by atoms with Crippen molar-refractivity contribution in [2.45, 2.75) is 30.0 Å². The number of nitrogens with zero attached hydrogens (tertiary/aromatic N) is 1. The highest BCUT2D eigenvalue weighted by Crippen LogP contribution is 2.35. The number of likely N-dealkylation sites (tertiary alicyclic amines) is 1. The van der Waals surface area contributed by atoms with Gasteiger partial charge in [-0.15, -0.1) is 11.8 Å². The van der Waals surface area contributed by atoms with Crippen molar-refractivity contribution in [3.63, 3.8) is 0 Å². The second-order valence-corrected chi connectivity index (χ2v) is 7.54. The van der Waals surface area contributed by atoms with Crippen LogP contribution in [0.5, 0.6) is 0 Å². The van der Waals surface area contributed by atoms with E-state index in [1.54, 1.807) is 40.5 Å². The molecule has 134 valence electrons. The van der Waals surface area contributed by atoms with Crippen molar-refractivity contribution in [3.8, 4) is 0 Å². The minimum atomic E-state index is -4.25. The summed E-state index contributed by atoms with van der Waals surface area (Å²) >= 11 is 2.27. The molecule has 1 aliphatic rings. The smallest absolute Gasteiger partial charge is 0.317 e. The molecule has 0 saturated carbocycles. The van der Waals surface area contributed by atoms with E-state index in [1.807, 2.05) is 16.8 Å². The molecule has 1 N–H and O–H groups in total. The lowest BCUT2D eigenvalue weighted by Gasteiger charge is -2.25. The predicted molar refractivity (Wildman–Crippen MR) is 95.2 cm³/mol. The van der Waals surface area contributed by atoms with Crippen LogP contribution < -0.4 is 5.32 Å². The first-order valence-corrected chi connectivity index (χ1v) is 9.75. The molecular formula is C17H17F3N2OS2. The normalized spacial score (nSPS) is 17.7. The first kappa shape index (κ1) is 18.1. The number of amides is 2. The van der Waals surface area contributed by atoms with Crippen LogP contribution in [0.3, 0.4) is 0 Å².